The molecule has 0 radical (unpaired) electrons. The molecule has 0 spiro atoms. The maximum Gasteiger partial charge on any atom is 0.412 e. The van der Waals surface area contributed by atoms with Crippen LogP contribution in [-0.4, -0.2) is 46.2 Å². The number of amides is 2. The molecule has 0 aliphatic carbocycles. The Morgan fingerprint density at radius 3 is 2.34 bits per heavy atom. The van der Waals surface area contributed by atoms with E-state index in [2.05, 4.69) is 0 Å². The topological polar surface area (TPSA) is 70.1 Å². The maximum atomic E-state index is 13.2. The highest BCUT2D eigenvalue weighted by atomic mass is 16.6. The van der Waals surface area contributed by atoms with E-state index in [1.165, 1.54) is 4.90 Å². The molecule has 3 rings (SSSR count). The van der Waals surface area contributed by atoms with E-state index in [4.69, 9.17) is 4.74 Å². The van der Waals surface area contributed by atoms with Crippen LogP contribution < -0.4 is 0 Å². The van der Waals surface area contributed by atoms with Crippen molar-refractivity contribution >= 4 is 12.0 Å². The van der Waals surface area contributed by atoms with Crippen molar-refractivity contribution in [1.29, 1.82) is 0 Å². The van der Waals surface area contributed by atoms with Crippen molar-refractivity contribution in [1.82, 2.24) is 9.80 Å². The van der Waals surface area contributed by atoms with Gasteiger partial charge in [0.05, 0.1) is 6.04 Å². The lowest BCUT2D eigenvalue weighted by Gasteiger charge is -2.33. The number of aliphatic hydroxyl groups is 1. The van der Waals surface area contributed by atoms with Crippen molar-refractivity contribution in [2.45, 2.75) is 51.1 Å². The van der Waals surface area contributed by atoms with Gasteiger partial charge in [-0.15, -0.1) is 0 Å². The third kappa shape index (κ3) is 4.77. The van der Waals surface area contributed by atoms with Gasteiger partial charge in [0.2, 0.25) is 5.91 Å². The van der Waals surface area contributed by atoms with E-state index in [9.17, 15) is 14.7 Å². The molecular formula is C23H28N2O4. The van der Waals surface area contributed by atoms with Crippen molar-refractivity contribution < 1.29 is 19.4 Å². The molecule has 1 N–H and O–H groups in total. The maximum absolute atomic E-state index is 13.2. The minimum absolute atomic E-state index is 0.0939. The average molecular weight is 396 g/mol. The van der Waals surface area contributed by atoms with Crippen LogP contribution >= 0.6 is 0 Å². The molecule has 1 saturated heterocycles. The largest absolute Gasteiger partial charge is 0.444 e. The summed E-state index contributed by atoms with van der Waals surface area (Å²) in [4.78, 5) is 28.7. The molecule has 1 aliphatic rings. The number of ether oxygens (including phenoxy) is 1. The predicted molar refractivity (Wildman–Crippen MR) is 110 cm³/mol. The fourth-order valence-electron chi connectivity index (χ4n) is 3.88. The number of nitrogens with zero attached hydrogens (tertiary/aromatic N) is 2. The van der Waals surface area contributed by atoms with Crippen LogP contribution in [0.5, 0.6) is 0 Å². The van der Waals surface area contributed by atoms with Crippen LogP contribution in [0.15, 0.2) is 60.7 Å². The van der Waals surface area contributed by atoms with E-state index in [-0.39, 0.29) is 18.6 Å². The van der Waals surface area contributed by atoms with Gasteiger partial charge in [0.1, 0.15) is 18.9 Å². The second-order valence-corrected chi connectivity index (χ2v) is 7.31. The molecule has 2 amide bonds. The fourth-order valence-corrected chi connectivity index (χ4v) is 3.88. The summed E-state index contributed by atoms with van der Waals surface area (Å²) in [7, 11) is 1.75. The molecule has 154 valence electrons. The van der Waals surface area contributed by atoms with Gasteiger partial charge in [-0.1, -0.05) is 67.6 Å². The summed E-state index contributed by atoms with van der Waals surface area (Å²) in [5.74, 6) is -0.186. The molecule has 29 heavy (non-hydrogen) atoms. The normalized spacial score (nSPS) is 19.6. The highest BCUT2D eigenvalue weighted by molar-refractivity contribution is 5.86. The quantitative estimate of drug-likeness (QED) is 0.808. The lowest BCUT2D eigenvalue weighted by Crippen LogP contribution is -2.50. The fraction of sp³-hybridized carbons (Fsp3) is 0.391. The van der Waals surface area contributed by atoms with Gasteiger partial charge in [-0.3, -0.25) is 9.69 Å². The highest BCUT2D eigenvalue weighted by Crippen LogP contribution is 2.29. The smallest absolute Gasteiger partial charge is 0.412 e. The number of aliphatic hydroxyl groups excluding tert-OH is 1. The Balaban J connectivity index is 1.70. The monoisotopic (exact) mass is 396 g/mol. The number of hydrogen-bond acceptors (Lipinski definition) is 4. The third-order valence-electron chi connectivity index (χ3n) is 5.44. The molecule has 2 unspecified atom stereocenters. The number of hydrogen-bond donors (Lipinski definition) is 1. The standard InChI is InChI=1S/C23H28N2O4/c1-3-19(18-12-8-5-9-13-18)24(2)22(27)20-14-15-21(26)25(20)23(28)29-16-17-10-6-4-7-11-17/h4-13,19-21,26H,3,14-16H2,1-2H3/t19?,20-,21?/m0/s1. The van der Waals surface area contributed by atoms with E-state index in [0.29, 0.717) is 12.8 Å². The molecule has 1 fully saturated rings. The van der Waals surface area contributed by atoms with Gasteiger partial charge in [-0.05, 0) is 30.4 Å². The molecular weight excluding hydrogens is 368 g/mol. The zero-order chi connectivity index (χ0) is 20.8. The first-order valence-electron chi connectivity index (χ1n) is 10.0. The van der Waals surface area contributed by atoms with Crippen LogP contribution in [0.3, 0.4) is 0 Å². The summed E-state index contributed by atoms with van der Waals surface area (Å²) < 4.78 is 5.37. The number of likely N-dealkylation sites (N-methyl/N-ethyl adjacent to an activating group) is 1. The summed E-state index contributed by atoms with van der Waals surface area (Å²) in [6.07, 6.45) is -0.168. The third-order valence-corrected chi connectivity index (χ3v) is 5.44. The predicted octanol–water partition coefficient (Wildman–Crippen LogP) is 3.72. The SMILES string of the molecule is CCC(c1ccccc1)N(C)C(=O)[C@@H]1CCC(O)N1C(=O)OCc1ccccc1. The van der Waals surface area contributed by atoms with Crippen LogP contribution in [-0.2, 0) is 16.1 Å². The van der Waals surface area contributed by atoms with E-state index in [1.807, 2.05) is 67.6 Å². The number of benzene rings is 2. The number of rotatable bonds is 6. The first-order chi connectivity index (χ1) is 14.0. The summed E-state index contributed by atoms with van der Waals surface area (Å²) in [5.41, 5.74) is 1.90. The van der Waals surface area contributed by atoms with Gasteiger partial charge in [0, 0.05) is 7.05 Å². The molecule has 2 aromatic carbocycles. The Morgan fingerprint density at radius 2 is 1.72 bits per heavy atom. The first kappa shape index (κ1) is 20.9. The van der Waals surface area contributed by atoms with Crippen LogP contribution in [0.2, 0.25) is 0 Å². The summed E-state index contributed by atoms with van der Waals surface area (Å²) >= 11 is 0. The zero-order valence-electron chi connectivity index (χ0n) is 16.9. The lowest BCUT2D eigenvalue weighted by atomic mass is 10.0. The Morgan fingerprint density at radius 1 is 1.10 bits per heavy atom. The molecule has 0 bridgehead atoms. The summed E-state index contributed by atoms with van der Waals surface area (Å²) in [6.45, 7) is 2.12. The van der Waals surface area contributed by atoms with Crippen molar-refractivity contribution in [2.75, 3.05) is 7.05 Å². The van der Waals surface area contributed by atoms with Gasteiger partial charge in [-0.25, -0.2) is 4.79 Å². The lowest BCUT2D eigenvalue weighted by molar-refractivity contribution is -0.138. The molecule has 0 aromatic heterocycles. The van der Waals surface area contributed by atoms with Crippen LogP contribution in [0, 0.1) is 0 Å². The van der Waals surface area contributed by atoms with Crippen LogP contribution in [0.1, 0.15) is 43.4 Å². The van der Waals surface area contributed by atoms with Gasteiger partial charge in [0.15, 0.2) is 0 Å². The first-order valence-corrected chi connectivity index (χ1v) is 10.0. The molecule has 6 heteroatoms. The number of carbonyl (C=O) groups excluding carboxylic acids is 2. The minimum Gasteiger partial charge on any atom is -0.444 e. The van der Waals surface area contributed by atoms with Gasteiger partial charge in [-0.2, -0.15) is 0 Å². The minimum atomic E-state index is -1.02. The Hall–Kier alpha value is -2.86. The van der Waals surface area contributed by atoms with Crippen molar-refractivity contribution in [2.24, 2.45) is 0 Å². The highest BCUT2D eigenvalue weighted by Gasteiger charge is 2.43. The van der Waals surface area contributed by atoms with Crippen LogP contribution in [0.4, 0.5) is 4.79 Å². The molecule has 0 saturated carbocycles. The number of likely N-dealkylation sites (tertiary alicyclic amines) is 1. The Labute approximate surface area is 171 Å². The van der Waals surface area contributed by atoms with Gasteiger partial charge >= 0.3 is 6.09 Å². The Bertz CT molecular complexity index is 812. The average Bonchev–Trinajstić information content (AvgIpc) is 3.15. The van der Waals surface area contributed by atoms with E-state index >= 15 is 0 Å². The summed E-state index contributed by atoms with van der Waals surface area (Å²) in [6, 6.07) is 18.3. The number of carbonyl (C=O) groups is 2. The van der Waals surface area contributed by atoms with Crippen molar-refractivity contribution in [3.05, 3.63) is 71.8 Å². The molecule has 2 aromatic rings. The van der Waals surface area contributed by atoms with Gasteiger partial charge in [0.25, 0.3) is 0 Å². The van der Waals surface area contributed by atoms with Crippen molar-refractivity contribution in [3.8, 4) is 0 Å². The van der Waals surface area contributed by atoms with E-state index in [1.54, 1.807) is 11.9 Å². The van der Waals surface area contributed by atoms with Crippen LogP contribution in [0.25, 0.3) is 0 Å². The molecule has 3 atom stereocenters. The molecule has 6 nitrogen and oxygen atoms in total. The molecule has 1 aliphatic heterocycles. The molecule has 1 heterocycles. The second-order valence-electron chi connectivity index (χ2n) is 7.31. The van der Waals surface area contributed by atoms with Gasteiger partial charge < -0.3 is 14.7 Å². The summed E-state index contributed by atoms with van der Waals surface area (Å²) in [5, 5.41) is 10.3. The van der Waals surface area contributed by atoms with Crippen molar-refractivity contribution in [3.63, 3.8) is 0 Å². The van der Waals surface area contributed by atoms with E-state index in [0.717, 1.165) is 17.5 Å². The zero-order valence-corrected chi connectivity index (χ0v) is 16.9. The second kappa shape index (κ2) is 9.56. The Kier molecular flexibility index (Phi) is 6.88. The van der Waals surface area contributed by atoms with E-state index < -0.39 is 18.4 Å².